The highest BCUT2D eigenvalue weighted by atomic mass is 16.5. The van der Waals surface area contributed by atoms with Crippen molar-refractivity contribution < 1.29 is 14.3 Å². The maximum atomic E-state index is 13.0. The van der Waals surface area contributed by atoms with Gasteiger partial charge in [-0.3, -0.25) is 14.5 Å². The summed E-state index contributed by atoms with van der Waals surface area (Å²) in [6.07, 6.45) is 1.74. The van der Waals surface area contributed by atoms with Gasteiger partial charge < -0.3 is 15.0 Å². The number of methoxy groups -OCH3 is 1. The number of nitrogens with zero attached hydrogens (tertiary/aromatic N) is 1. The van der Waals surface area contributed by atoms with E-state index >= 15 is 0 Å². The van der Waals surface area contributed by atoms with Crippen LogP contribution in [0.4, 0.5) is 5.69 Å². The Hall–Kier alpha value is -3.12. The highest BCUT2D eigenvalue weighted by Crippen LogP contribution is 2.21. The lowest BCUT2D eigenvalue weighted by atomic mass is 10.0. The van der Waals surface area contributed by atoms with Crippen LogP contribution >= 0.6 is 0 Å². The third-order valence-corrected chi connectivity index (χ3v) is 4.91. The Balaban J connectivity index is 1.67. The third kappa shape index (κ3) is 4.23. The van der Waals surface area contributed by atoms with E-state index in [1.807, 2.05) is 43.0 Å². The van der Waals surface area contributed by atoms with Crippen LogP contribution < -0.4 is 10.1 Å². The predicted molar refractivity (Wildman–Crippen MR) is 111 cm³/mol. The molecule has 1 atom stereocenters. The summed E-state index contributed by atoms with van der Waals surface area (Å²) < 4.78 is 5.12. The number of carbonyl (C=O) groups is 2. The molecule has 146 valence electrons. The van der Waals surface area contributed by atoms with Gasteiger partial charge in [-0.2, -0.15) is 0 Å². The Kier molecular flexibility index (Phi) is 6.11. The average molecular weight is 379 g/mol. The van der Waals surface area contributed by atoms with E-state index < -0.39 is 6.04 Å². The number of fused-ring (bicyclic) bond motifs is 1. The number of hydrogen-bond donors (Lipinski definition) is 2. The van der Waals surface area contributed by atoms with Gasteiger partial charge in [0.2, 0.25) is 5.91 Å². The van der Waals surface area contributed by atoms with Crippen molar-refractivity contribution in [3.8, 4) is 5.75 Å². The molecule has 28 heavy (non-hydrogen) atoms. The molecule has 0 bridgehead atoms. The summed E-state index contributed by atoms with van der Waals surface area (Å²) >= 11 is 0. The number of benzene rings is 2. The number of anilines is 1. The van der Waals surface area contributed by atoms with Gasteiger partial charge in [-0.15, -0.1) is 0 Å². The van der Waals surface area contributed by atoms with E-state index in [0.717, 1.165) is 16.7 Å². The quantitative estimate of drug-likeness (QED) is 0.585. The van der Waals surface area contributed by atoms with Crippen LogP contribution in [0.2, 0.25) is 0 Å². The van der Waals surface area contributed by atoms with Gasteiger partial charge in [0.15, 0.2) is 5.78 Å². The Bertz CT molecular complexity index is 963. The zero-order chi connectivity index (χ0) is 20.1. The summed E-state index contributed by atoms with van der Waals surface area (Å²) in [6, 6.07) is 14.4. The van der Waals surface area contributed by atoms with Crippen LogP contribution in [0, 0.1) is 0 Å². The van der Waals surface area contributed by atoms with Crippen LogP contribution in [0.1, 0.15) is 24.2 Å². The first-order valence-electron chi connectivity index (χ1n) is 9.31. The molecule has 3 rings (SSSR count). The number of aromatic nitrogens is 1. The molecule has 1 heterocycles. The topological polar surface area (TPSA) is 74.4 Å². The van der Waals surface area contributed by atoms with E-state index in [4.69, 9.17) is 4.74 Å². The summed E-state index contributed by atoms with van der Waals surface area (Å²) in [5.74, 6) is 0.563. The van der Waals surface area contributed by atoms with Crippen molar-refractivity contribution in [2.75, 3.05) is 25.5 Å². The molecular weight excluding hydrogens is 354 g/mol. The van der Waals surface area contributed by atoms with Crippen LogP contribution in [-0.4, -0.2) is 47.8 Å². The van der Waals surface area contributed by atoms with Gasteiger partial charge in [-0.05, 0) is 43.8 Å². The monoisotopic (exact) mass is 379 g/mol. The Morgan fingerprint density at radius 2 is 1.86 bits per heavy atom. The molecule has 2 N–H and O–H groups in total. The standard InChI is InChI=1S/C22H25N3O3/c1-4-25(14-21(26)24-16-9-11-17(28-3)12-10-16)15(2)22(27)19-13-23-20-8-6-5-7-18(19)20/h5-13,15,23H,4,14H2,1-3H3,(H,24,26)/t15-/m1/s1. The lowest BCUT2D eigenvalue weighted by Gasteiger charge is -2.26. The summed E-state index contributed by atoms with van der Waals surface area (Å²) in [4.78, 5) is 30.5. The number of Topliss-reactive ketones (excluding diaryl/α,β-unsaturated/α-hetero) is 1. The van der Waals surface area contributed by atoms with Crippen LogP contribution in [0.15, 0.2) is 54.7 Å². The van der Waals surface area contributed by atoms with E-state index in [0.29, 0.717) is 17.8 Å². The largest absolute Gasteiger partial charge is 0.497 e. The van der Waals surface area contributed by atoms with Crippen LogP contribution in [-0.2, 0) is 4.79 Å². The highest BCUT2D eigenvalue weighted by molar-refractivity contribution is 6.10. The van der Waals surface area contributed by atoms with Crippen LogP contribution in [0.5, 0.6) is 5.75 Å². The zero-order valence-electron chi connectivity index (χ0n) is 16.4. The molecule has 0 radical (unpaired) electrons. The summed E-state index contributed by atoms with van der Waals surface area (Å²) in [5.41, 5.74) is 2.27. The van der Waals surface area contributed by atoms with E-state index in [1.54, 1.807) is 37.6 Å². The van der Waals surface area contributed by atoms with Crippen LogP contribution in [0.25, 0.3) is 10.9 Å². The van der Waals surface area contributed by atoms with E-state index in [1.165, 1.54) is 0 Å². The molecule has 0 aliphatic carbocycles. The normalized spacial score (nSPS) is 12.1. The zero-order valence-corrected chi connectivity index (χ0v) is 16.4. The van der Waals surface area contributed by atoms with Crippen molar-refractivity contribution in [2.24, 2.45) is 0 Å². The number of para-hydroxylation sites is 1. The molecule has 2 aromatic carbocycles. The maximum Gasteiger partial charge on any atom is 0.238 e. The smallest absolute Gasteiger partial charge is 0.238 e. The number of carbonyl (C=O) groups excluding carboxylic acids is 2. The fourth-order valence-corrected chi connectivity index (χ4v) is 3.25. The van der Waals surface area contributed by atoms with Crippen molar-refractivity contribution >= 4 is 28.3 Å². The van der Waals surface area contributed by atoms with Crippen molar-refractivity contribution in [3.63, 3.8) is 0 Å². The van der Waals surface area contributed by atoms with Gasteiger partial charge in [-0.1, -0.05) is 25.1 Å². The van der Waals surface area contributed by atoms with Gasteiger partial charge in [0.1, 0.15) is 5.75 Å². The molecule has 3 aromatic rings. The van der Waals surface area contributed by atoms with E-state index in [2.05, 4.69) is 10.3 Å². The van der Waals surface area contributed by atoms with Crippen molar-refractivity contribution in [2.45, 2.75) is 19.9 Å². The number of nitrogens with one attached hydrogen (secondary N) is 2. The minimum Gasteiger partial charge on any atom is -0.497 e. The first-order chi connectivity index (χ1) is 13.5. The molecule has 0 aliphatic rings. The first-order valence-corrected chi connectivity index (χ1v) is 9.31. The second-order valence-corrected chi connectivity index (χ2v) is 6.63. The molecule has 1 aromatic heterocycles. The second kappa shape index (κ2) is 8.71. The number of hydrogen-bond acceptors (Lipinski definition) is 4. The molecule has 0 fully saturated rings. The molecule has 1 amide bonds. The number of aromatic amines is 1. The summed E-state index contributed by atoms with van der Waals surface area (Å²) in [6.45, 7) is 4.51. The summed E-state index contributed by atoms with van der Waals surface area (Å²) in [5, 5.41) is 3.76. The maximum absolute atomic E-state index is 13.0. The van der Waals surface area contributed by atoms with Crippen molar-refractivity contribution in [3.05, 3.63) is 60.3 Å². The number of H-pyrrole nitrogens is 1. The highest BCUT2D eigenvalue weighted by Gasteiger charge is 2.25. The Morgan fingerprint density at radius 3 is 2.54 bits per heavy atom. The van der Waals surface area contributed by atoms with Gasteiger partial charge in [0.25, 0.3) is 0 Å². The SMILES string of the molecule is CCN(CC(=O)Nc1ccc(OC)cc1)[C@H](C)C(=O)c1c[nH]c2ccccc12. The lowest BCUT2D eigenvalue weighted by molar-refractivity contribution is -0.117. The third-order valence-electron chi connectivity index (χ3n) is 4.91. The molecule has 0 saturated heterocycles. The Labute approximate surface area is 164 Å². The predicted octanol–water partition coefficient (Wildman–Crippen LogP) is 3.71. The van der Waals surface area contributed by atoms with Crippen LogP contribution in [0.3, 0.4) is 0 Å². The average Bonchev–Trinajstić information content (AvgIpc) is 3.15. The second-order valence-electron chi connectivity index (χ2n) is 6.63. The number of ether oxygens (including phenoxy) is 1. The van der Waals surface area contributed by atoms with Gasteiger partial charge in [0, 0.05) is 28.4 Å². The minimum atomic E-state index is -0.411. The molecule has 6 heteroatoms. The van der Waals surface area contributed by atoms with Gasteiger partial charge >= 0.3 is 0 Å². The number of amides is 1. The molecule has 0 saturated carbocycles. The van der Waals surface area contributed by atoms with Crippen molar-refractivity contribution in [1.29, 1.82) is 0 Å². The number of rotatable bonds is 8. The molecule has 0 spiro atoms. The fraction of sp³-hybridized carbons (Fsp3) is 0.273. The molecular formula is C22H25N3O3. The van der Waals surface area contributed by atoms with Gasteiger partial charge in [0.05, 0.1) is 19.7 Å². The lowest BCUT2D eigenvalue weighted by Crippen LogP contribution is -2.43. The van der Waals surface area contributed by atoms with E-state index in [9.17, 15) is 9.59 Å². The molecule has 6 nitrogen and oxygen atoms in total. The summed E-state index contributed by atoms with van der Waals surface area (Å²) in [7, 11) is 1.60. The van der Waals surface area contributed by atoms with Crippen molar-refractivity contribution in [1.82, 2.24) is 9.88 Å². The number of ketones is 1. The Morgan fingerprint density at radius 1 is 1.14 bits per heavy atom. The van der Waals surface area contributed by atoms with Gasteiger partial charge in [-0.25, -0.2) is 0 Å². The molecule has 0 aliphatic heterocycles. The fourth-order valence-electron chi connectivity index (χ4n) is 3.25. The molecule has 0 unspecified atom stereocenters. The van der Waals surface area contributed by atoms with E-state index in [-0.39, 0.29) is 18.2 Å². The minimum absolute atomic E-state index is 0.00320. The first kappa shape index (κ1) is 19.6. The number of likely N-dealkylation sites (N-methyl/N-ethyl adjacent to an activating group) is 1.